The molecule has 0 radical (unpaired) electrons. The minimum atomic E-state index is -0.162. The van der Waals surface area contributed by atoms with Crippen molar-refractivity contribution in [1.29, 1.82) is 0 Å². The topological polar surface area (TPSA) is 49.3 Å². The number of amides is 1. The van der Waals surface area contributed by atoms with Gasteiger partial charge in [0, 0.05) is 11.3 Å². The molecule has 1 aliphatic rings. The number of phenols is 1. The molecule has 3 nitrogen and oxygen atoms in total. The molecule has 1 amide bonds. The number of hydrogen-bond donors (Lipinski definition) is 2. The van der Waals surface area contributed by atoms with Crippen LogP contribution in [0.3, 0.4) is 0 Å². The summed E-state index contributed by atoms with van der Waals surface area (Å²) in [5.74, 6) is -0.0524. The summed E-state index contributed by atoms with van der Waals surface area (Å²) in [5.41, 5.74) is 3.37. The largest absolute Gasteiger partial charge is 0.508 e. The summed E-state index contributed by atoms with van der Waals surface area (Å²) in [6, 6.07) is 14.9. The van der Waals surface area contributed by atoms with Crippen molar-refractivity contribution in [2.24, 2.45) is 0 Å². The van der Waals surface area contributed by atoms with Crippen molar-refractivity contribution in [3.63, 3.8) is 0 Å². The molecule has 0 spiro atoms. The molecule has 94 valence electrons. The van der Waals surface area contributed by atoms with E-state index in [1.54, 1.807) is 12.1 Å². The van der Waals surface area contributed by atoms with Crippen LogP contribution in [0, 0.1) is 0 Å². The van der Waals surface area contributed by atoms with E-state index in [4.69, 9.17) is 0 Å². The summed E-state index contributed by atoms with van der Waals surface area (Å²) in [6.45, 7) is 0. The Hall–Kier alpha value is -2.55. The smallest absolute Gasteiger partial charge is 0.256 e. The first-order valence-corrected chi connectivity index (χ1v) is 6.13. The van der Waals surface area contributed by atoms with E-state index in [1.807, 2.05) is 36.4 Å². The van der Waals surface area contributed by atoms with Gasteiger partial charge in [0.1, 0.15) is 5.75 Å². The summed E-state index contributed by atoms with van der Waals surface area (Å²) < 4.78 is 0. The second-order valence-corrected chi connectivity index (χ2v) is 4.49. The monoisotopic (exact) mass is 251 g/mol. The second kappa shape index (κ2) is 4.61. The number of carbonyl (C=O) groups is 1. The van der Waals surface area contributed by atoms with Crippen LogP contribution in [-0.4, -0.2) is 11.0 Å². The van der Waals surface area contributed by atoms with Crippen LogP contribution >= 0.6 is 0 Å². The van der Waals surface area contributed by atoms with E-state index in [-0.39, 0.29) is 11.7 Å². The molecule has 0 bridgehead atoms. The standard InChI is InChI=1S/C16H13NO2/c18-12-7-8-13-14(10-12)16(19)17-15(13)9-6-11-4-2-1-3-5-11/h1-5,7-10,18H,6H2,(H,17,19)/b15-9+. The van der Waals surface area contributed by atoms with E-state index in [1.165, 1.54) is 11.6 Å². The van der Waals surface area contributed by atoms with Gasteiger partial charge in [0.15, 0.2) is 0 Å². The Morgan fingerprint density at radius 3 is 2.63 bits per heavy atom. The van der Waals surface area contributed by atoms with Crippen LogP contribution in [0.2, 0.25) is 0 Å². The highest BCUT2D eigenvalue weighted by Crippen LogP contribution is 2.27. The minimum Gasteiger partial charge on any atom is -0.508 e. The fourth-order valence-corrected chi connectivity index (χ4v) is 2.21. The van der Waals surface area contributed by atoms with Crippen molar-refractivity contribution in [3.8, 4) is 5.75 Å². The molecule has 1 aliphatic heterocycles. The van der Waals surface area contributed by atoms with Crippen LogP contribution in [0.5, 0.6) is 5.75 Å². The summed E-state index contributed by atoms with van der Waals surface area (Å²) in [6.07, 6.45) is 2.76. The number of fused-ring (bicyclic) bond motifs is 1. The Kier molecular flexibility index (Phi) is 2.80. The zero-order valence-electron chi connectivity index (χ0n) is 10.3. The number of allylic oxidation sites excluding steroid dienone is 1. The average Bonchev–Trinajstić information content (AvgIpc) is 2.74. The van der Waals surface area contributed by atoms with E-state index in [2.05, 4.69) is 5.32 Å². The molecule has 0 atom stereocenters. The first-order valence-electron chi connectivity index (χ1n) is 6.13. The zero-order valence-corrected chi connectivity index (χ0v) is 10.3. The van der Waals surface area contributed by atoms with Crippen molar-refractivity contribution >= 4 is 11.6 Å². The van der Waals surface area contributed by atoms with Gasteiger partial charge in [0.05, 0.1) is 5.56 Å². The third-order valence-corrected chi connectivity index (χ3v) is 3.17. The van der Waals surface area contributed by atoms with Gasteiger partial charge in [-0.25, -0.2) is 0 Å². The van der Waals surface area contributed by atoms with Gasteiger partial charge in [-0.1, -0.05) is 36.4 Å². The van der Waals surface area contributed by atoms with Crippen LogP contribution in [0.15, 0.2) is 54.6 Å². The van der Waals surface area contributed by atoms with Crippen molar-refractivity contribution in [3.05, 3.63) is 71.3 Å². The fraction of sp³-hybridized carbons (Fsp3) is 0.0625. The highest BCUT2D eigenvalue weighted by molar-refractivity contribution is 6.09. The van der Waals surface area contributed by atoms with Gasteiger partial charge in [0.25, 0.3) is 5.91 Å². The lowest BCUT2D eigenvalue weighted by Crippen LogP contribution is -2.12. The second-order valence-electron chi connectivity index (χ2n) is 4.49. The molecule has 3 heteroatoms. The first-order chi connectivity index (χ1) is 9.24. The van der Waals surface area contributed by atoms with Crippen molar-refractivity contribution in [1.82, 2.24) is 5.32 Å². The molecule has 2 aromatic carbocycles. The maximum Gasteiger partial charge on any atom is 0.256 e. The molecule has 19 heavy (non-hydrogen) atoms. The maximum atomic E-state index is 11.8. The molecule has 2 N–H and O–H groups in total. The lowest BCUT2D eigenvalue weighted by atomic mass is 10.1. The third kappa shape index (κ3) is 2.22. The summed E-state index contributed by atoms with van der Waals surface area (Å²) in [5, 5.41) is 12.2. The third-order valence-electron chi connectivity index (χ3n) is 3.17. The molecular formula is C16H13NO2. The Morgan fingerprint density at radius 1 is 1.05 bits per heavy atom. The molecule has 0 fully saturated rings. The van der Waals surface area contributed by atoms with E-state index < -0.39 is 0 Å². The lowest BCUT2D eigenvalue weighted by Gasteiger charge is -2.01. The number of benzene rings is 2. The maximum absolute atomic E-state index is 11.8. The molecule has 1 heterocycles. The van der Waals surface area contributed by atoms with E-state index in [0.29, 0.717) is 5.56 Å². The zero-order chi connectivity index (χ0) is 13.2. The number of carbonyl (C=O) groups excluding carboxylic acids is 1. The van der Waals surface area contributed by atoms with Gasteiger partial charge >= 0.3 is 0 Å². The SMILES string of the molecule is O=C1N/C(=C/Cc2ccccc2)c2ccc(O)cc21. The number of phenolic OH excluding ortho intramolecular Hbond substituents is 1. The highest BCUT2D eigenvalue weighted by atomic mass is 16.3. The highest BCUT2D eigenvalue weighted by Gasteiger charge is 2.23. The summed E-state index contributed by atoms with van der Waals surface area (Å²) in [7, 11) is 0. The van der Waals surface area contributed by atoms with Crippen molar-refractivity contribution in [2.45, 2.75) is 6.42 Å². The molecule has 0 saturated carbocycles. The number of rotatable bonds is 2. The van der Waals surface area contributed by atoms with Crippen LogP contribution in [0.1, 0.15) is 21.5 Å². The normalized spacial score (nSPS) is 15.4. The Labute approximate surface area is 111 Å². The van der Waals surface area contributed by atoms with E-state index >= 15 is 0 Å². The molecule has 0 unspecified atom stereocenters. The predicted molar refractivity (Wildman–Crippen MR) is 73.7 cm³/mol. The number of nitrogens with one attached hydrogen (secondary N) is 1. The average molecular weight is 251 g/mol. The van der Waals surface area contributed by atoms with Gasteiger partial charge < -0.3 is 10.4 Å². The Balaban J connectivity index is 1.90. The van der Waals surface area contributed by atoms with E-state index in [0.717, 1.165) is 17.7 Å². The molecule has 0 aromatic heterocycles. The van der Waals surface area contributed by atoms with Crippen molar-refractivity contribution in [2.75, 3.05) is 0 Å². The summed E-state index contributed by atoms with van der Waals surface area (Å²) >= 11 is 0. The van der Waals surface area contributed by atoms with Gasteiger partial charge in [-0.15, -0.1) is 0 Å². The van der Waals surface area contributed by atoms with Gasteiger partial charge in [-0.05, 0) is 30.2 Å². The first kappa shape index (κ1) is 11.5. The number of hydrogen-bond acceptors (Lipinski definition) is 2. The van der Waals surface area contributed by atoms with Crippen LogP contribution < -0.4 is 5.32 Å². The molecule has 0 aliphatic carbocycles. The molecule has 0 saturated heterocycles. The van der Waals surface area contributed by atoms with Crippen LogP contribution in [0.25, 0.3) is 5.70 Å². The Morgan fingerprint density at radius 2 is 1.84 bits per heavy atom. The summed E-state index contributed by atoms with van der Waals surface area (Å²) in [4.78, 5) is 11.8. The lowest BCUT2D eigenvalue weighted by molar-refractivity contribution is 0.0980. The van der Waals surface area contributed by atoms with Gasteiger partial charge in [0.2, 0.25) is 0 Å². The molecular weight excluding hydrogens is 238 g/mol. The number of aromatic hydroxyl groups is 1. The quantitative estimate of drug-likeness (QED) is 0.862. The molecule has 3 rings (SSSR count). The van der Waals surface area contributed by atoms with Gasteiger partial charge in [-0.2, -0.15) is 0 Å². The fourth-order valence-electron chi connectivity index (χ4n) is 2.21. The van der Waals surface area contributed by atoms with Crippen LogP contribution in [0.4, 0.5) is 0 Å². The Bertz CT molecular complexity index is 660. The predicted octanol–water partition coefficient (Wildman–Crippen LogP) is 2.72. The van der Waals surface area contributed by atoms with Gasteiger partial charge in [-0.3, -0.25) is 4.79 Å². The van der Waals surface area contributed by atoms with E-state index in [9.17, 15) is 9.90 Å². The van der Waals surface area contributed by atoms with Crippen molar-refractivity contribution < 1.29 is 9.90 Å². The molecule has 2 aromatic rings. The minimum absolute atomic E-state index is 0.109. The van der Waals surface area contributed by atoms with Crippen LogP contribution in [-0.2, 0) is 6.42 Å².